The summed E-state index contributed by atoms with van der Waals surface area (Å²) >= 11 is 5.89. The molecule has 3 nitrogen and oxygen atoms in total. The number of halogens is 1. The van der Waals surface area contributed by atoms with Crippen molar-refractivity contribution >= 4 is 17.6 Å². The fourth-order valence-electron chi connectivity index (χ4n) is 2.29. The van der Waals surface area contributed by atoms with Crippen molar-refractivity contribution in [3.8, 4) is 11.1 Å². The predicted octanol–water partition coefficient (Wildman–Crippen LogP) is 4.21. The third kappa shape index (κ3) is 4.33. The van der Waals surface area contributed by atoms with Gasteiger partial charge < -0.3 is 10.4 Å². The van der Waals surface area contributed by atoms with Crippen LogP contribution in [0.15, 0.2) is 48.5 Å². The molecule has 0 radical (unpaired) electrons. The molecular formula is C18H20ClNO2. The van der Waals surface area contributed by atoms with E-state index in [1.54, 1.807) is 0 Å². The topological polar surface area (TPSA) is 49.3 Å². The Morgan fingerprint density at radius 2 is 1.55 bits per heavy atom. The lowest BCUT2D eigenvalue weighted by molar-refractivity contribution is -0.140. The van der Waals surface area contributed by atoms with E-state index in [9.17, 15) is 4.79 Å². The van der Waals surface area contributed by atoms with Crippen LogP contribution in [0.2, 0.25) is 5.02 Å². The van der Waals surface area contributed by atoms with Crippen LogP contribution in [0.4, 0.5) is 0 Å². The molecule has 0 aliphatic rings. The van der Waals surface area contributed by atoms with Crippen LogP contribution in [0.3, 0.4) is 0 Å². The Balaban J connectivity index is 2.03. The fraction of sp³-hybridized carbons (Fsp3) is 0.278. The van der Waals surface area contributed by atoms with Crippen LogP contribution in [0, 0.1) is 5.92 Å². The van der Waals surface area contributed by atoms with Crippen molar-refractivity contribution in [1.29, 1.82) is 0 Å². The number of carboxylic acid groups (broad SMARTS) is 1. The Labute approximate surface area is 135 Å². The average molecular weight is 318 g/mol. The molecule has 0 heterocycles. The maximum atomic E-state index is 11.2. The molecule has 0 aromatic heterocycles. The number of nitrogens with one attached hydrogen (secondary N) is 1. The van der Waals surface area contributed by atoms with Gasteiger partial charge in [-0.2, -0.15) is 0 Å². The van der Waals surface area contributed by atoms with Crippen molar-refractivity contribution in [3.05, 3.63) is 59.1 Å². The van der Waals surface area contributed by atoms with E-state index in [2.05, 4.69) is 5.32 Å². The first-order valence-corrected chi connectivity index (χ1v) is 7.66. The van der Waals surface area contributed by atoms with Gasteiger partial charge in [0.05, 0.1) is 0 Å². The molecule has 0 aliphatic heterocycles. The molecule has 22 heavy (non-hydrogen) atoms. The maximum absolute atomic E-state index is 11.2. The molecule has 0 saturated carbocycles. The van der Waals surface area contributed by atoms with Gasteiger partial charge in [0.15, 0.2) is 0 Å². The highest BCUT2D eigenvalue weighted by Gasteiger charge is 2.20. The molecule has 0 fully saturated rings. The third-order valence-electron chi connectivity index (χ3n) is 3.59. The van der Waals surface area contributed by atoms with Crippen LogP contribution in [-0.2, 0) is 11.3 Å². The molecule has 2 aromatic carbocycles. The summed E-state index contributed by atoms with van der Waals surface area (Å²) in [5.41, 5.74) is 3.28. The first kappa shape index (κ1) is 16.5. The van der Waals surface area contributed by atoms with Crippen molar-refractivity contribution in [2.75, 3.05) is 0 Å². The van der Waals surface area contributed by atoms with Crippen LogP contribution in [0.25, 0.3) is 11.1 Å². The lowest BCUT2D eigenvalue weighted by Crippen LogP contribution is -2.40. The van der Waals surface area contributed by atoms with Crippen molar-refractivity contribution < 1.29 is 9.90 Å². The number of aliphatic carboxylic acids is 1. The fourth-order valence-corrected chi connectivity index (χ4v) is 2.42. The SMILES string of the molecule is CC(C)[C@@H](NCc1ccc(-c2ccc(Cl)cc2)cc1)C(=O)O. The first-order valence-electron chi connectivity index (χ1n) is 7.28. The first-order chi connectivity index (χ1) is 10.5. The van der Waals surface area contributed by atoms with Gasteiger partial charge in [0.2, 0.25) is 0 Å². The molecule has 1 atom stereocenters. The van der Waals surface area contributed by atoms with E-state index in [1.807, 2.05) is 62.4 Å². The molecule has 4 heteroatoms. The van der Waals surface area contributed by atoms with Gasteiger partial charge in [-0.05, 0) is 34.7 Å². The summed E-state index contributed by atoms with van der Waals surface area (Å²) in [5, 5.41) is 13.0. The average Bonchev–Trinajstić information content (AvgIpc) is 2.48. The van der Waals surface area contributed by atoms with E-state index >= 15 is 0 Å². The van der Waals surface area contributed by atoms with Crippen molar-refractivity contribution in [1.82, 2.24) is 5.32 Å². The Hall–Kier alpha value is -1.84. The van der Waals surface area contributed by atoms with E-state index in [0.717, 1.165) is 21.7 Å². The second kappa shape index (κ2) is 7.43. The van der Waals surface area contributed by atoms with Crippen molar-refractivity contribution in [2.24, 2.45) is 5.92 Å². The largest absolute Gasteiger partial charge is 0.480 e. The zero-order valence-electron chi connectivity index (χ0n) is 12.7. The summed E-state index contributed by atoms with van der Waals surface area (Å²) in [6.07, 6.45) is 0. The zero-order chi connectivity index (χ0) is 16.1. The van der Waals surface area contributed by atoms with Gasteiger partial charge in [-0.25, -0.2) is 0 Å². The van der Waals surface area contributed by atoms with Gasteiger partial charge in [-0.3, -0.25) is 4.79 Å². The van der Waals surface area contributed by atoms with Gasteiger partial charge in [0.1, 0.15) is 6.04 Å². The molecule has 0 unspecified atom stereocenters. The minimum absolute atomic E-state index is 0.0471. The predicted molar refractivity (Wildman–Crippen MR) is 90.0 cm³/mol. The highest BCUT2D eigenvalue weighted by atomic mass is 35.5. The number of hydrogen-bond acceptors (Lipinski definition) is 2. The summed E-state index contributed by atoms with van der Waals surface area (Å²) in [6, 6.07) is 15.3. The van der Waals surface area contributed by atoms with E-state index in [4.69, 9.17) is 16.7 Å². The molecule has 2 aromatic rings. The molecule has 116 valence electrons. The summed E-state index contributed by atoms with van der Waals surface area (Å²) in [5.74, 6) is -0.765. The summed E-state index contributed by atoms with van der Waals surface area (Å²) in [4.78, 5) is 11.2. The second-order valence-electron chi connectivity index (χ2n) is 5.64. The molecule has 0 bridgehead atoms. The highest BCUT2D eigenvalue weighted by Crippen LogP contribution is 2.22. The Kier molecular flexibility index (Phi) is 5.58. The molecule has 0 aliphatic carbocycles. The maximum Gasteiger partial charge on any atom is 0.320 e. The van der Waals surface area contributed by atoms with Crippen LogP contribution in [0.5, 0.6) is 0 Å². The lowest BCUT2D eigenvalue weighted by atomic mass is 10.0. The van der Waals surface area contributed by atoms with Crippen molar-refractivity contribution in [3.63, 3.8) is 0 Å². The minimum atomic E-state index is -0.812. The summed E-state index contributed by atoms with van der Waals surface area (Å²) in [6.45, 7) is 4.33. The minimum Gasteiger partial charge on any atom is -0.480 e. The molecule has 0 spiro atoms. The Morgan fingerprint density at radius 1 is 1.05 bits per heavy atom. The van der Waals surface area contributed by atoms with Crippen LogP contribution < -0.4 is 5.32 Å². The number of rotatable bonds is 6. The third-order valence-corrected chi connectivity index (χ3v) is 3.84. The van der Waals surface area contributed by atoms with Gasteiger partial charge >= 0.3 is 5.97 Å². The van der Waals surface area contributed by atoms with Gasteiger partial charge in [-0.1, -0.05) is 61.8 Å². The van der Waals surface area contributed by atoms with Gasteiger partial charge in [-0.15, -0.1) is 0 Å². The lowest BCUT2D eigenvalue weighted by Gasteiger charge is -2.18. The van der Waals surface area contributed by atoms with Crippen molar-refractivity contribution in [2.45, 2.75) is 26.4 Å². The molecule has 0 amide bonds. The summed E-state index contributed by atoms with van der Waals surface area (Å²) < 4.78 is 0. The molecule has 2 rings (SSSR count). The monoisotopic (exact) mass is 317 g/mol. The number of carbonyl (C=O) groups is 1. The second-order valence-corrected chi connectivity index (χ2v) is 6.08. The van der Waals surface area contributed by atoms with E-state index in [0.29, 0.717) is 6.54 Å². The van der Waals surface area contributed by atoms with Crippen LogP contribution >= 0.6 is 11.6 Å². The smallest absolute Gasteiger partial charge is 0.320 e. The van der Waals surface area contributed by atoms with Gasteiger partial charge in [0, 0.05) is 11.6 Å². The number of benzene rings is 2. The van der Waals surface area contributed by atoms with Crippen LogP contribution in [0.1, 0.15) is 19.4 Å². The highest BCUT2D eigenvalue weighted by molar-refractivity contribution is 6.30. The summed E-state index contributed by atoms with van der Waals surface area (Å²) in [7, 11) is 0. The standard InChI is InChI=1S/C18H20ClNO2/c1-12(2)17(18(21)22)20-11-13-3-5-14(6-4-13)15-7-9-16(19)10-8-15/h3-10,12,17,20H,11H2,1-2H3,(H,21,22)/t17-/m1/s1. The van der Waals surface area contributed by atoms with Gasteiger partial charge in [0.25, 0.3) is 0 Å². The zero-order valence-corrected chi connectivity index (χ0v) is 13.5. The molecule has 2 N–H and O–H groups in total. The van der Waals surface area contributed by atoms with E-state index < -0.39 is 12.0 Å². The number of carboxylic acids is 1. The number of hydrogen-bond donors (Lipinski definition) is 2. The molecular weight excluding hydrogens is 298 g/mol. The molecule has 0 saturated heterocycles. The Bertz CT molecular complexity index is 621. The quantitative estimate of drug-likeness (QED) is 0.839. The Morgan fingerprint density at radius 3 is 2.00 bits per heavy atom. The van der Waals surface area contributed by atoms with E-state index in [-0.39, 0.29) is 5.92 Å². The normalized spacial score (nSPS) is 12.4. The van der Waals surface area contributed by atoms with Crippen LogP contribution in [-0.4, -0.2) is 17.1 Å². The van der Waals surface area contributed by atoms with E-state index in [1.165, 1.54) is 0 Å².